The number of anilines is 2. The SMILES string of the molecule is COc1ccc(S(=O)(=O)NCCC(=O)Nc2cc(NC(C)=O)ccc2F)cc1OC. The molecule has 9 nitrogen and oxygen atoms in total. The first-order chi connectivity index (χ1) is 14.2. The van der Waals surface area contributed by atoms with Gasteiger partial charge in [0.2, 0.25) is 21.8 Å². The van der Waals surface area contributed by atoms with E-state index >= 15 is 0 Å². The molecule has 0 aliphatic carbocycles. The van der Waals surface area contributed by atoms with Crippen molar-refractivity contribution >= 4 is 33.2 Å². The Labute approximate surface area is 173 Å². The van der Waals surface area contributed by atoms with Crippen molar-refractivity contribution in [2.45, 2.75) is 18.2 Å². The van der Waals surface area contributed by atoms with E-state index in [0.29, 0.717) is 11.4 Å². The summed E-state index contributed by atoms with van der Waals surface area (Å²) in [6.45, 7) is 1.08. The van der Waals surface area contributed by atoms with Crippen LogP contribution in [0.1, 0.15) is 13.3 Å². The van der Waals surface area contributed by atoms with Gasteiger partial charge in [0.25, 0.3) is 0 Å². The number of methoxy groups -OCH3 is 2. The topological polar surface area (TPSA) is 123 Å². The minimum Gasteiger partial charge on any atom is -0.493 e. The average molecular weight is 439 g/mol. The monoisotopic (exact) mass is 439 g/mol. The third-order valence-corrected chi connectivity index (χ3v) is 5.33. The third-order valence-electron chi connectivity index (χ3n) is 3.87. The maximum atomic E-state index is 13.9. The zero-order valence-corrected chi connectivity index (χ0v) is 17.4. The van der Waals surface area contributed by atoms with Crippen LogP contribution in [0, 0.1) is 5.82 Å². The molecule has 0 fully saturated rings. The molecule has 0 bridgehead atoms. The highest BCUT2D eigenvalue weighted by Crippen LogP contribution is 2.29. The van der Waals surface area contributed by atoms with Gasteiger partial charge in [-0.1, -0.05) is 0 Å². The lowest BCUT2D eigenvalue weighted by molar-refractivity contribution is -0.116. The first-order valence-corrected chi connectivity index (χ1v) is 10.2. The van der Waals surface area contributed by atoms with E-state index < -0.39 is 21.7 Å². The average Bonchev–Trinajstić information content (AvgIpc) is 2.69. The van der Waals surface area contributed by atoms with E-state index in [0.717, 1.165) is 6.07 Å². The first-order valence-electron chi connectivity index (χ1n) is 8.75. The number of benzene rings is 2. The smallest absolute Gasteiger partial charge is 0.240 e. The Morgan fingerprint density at radius 1 is 1.00 bits per heavy atom. The van der Waals surface area contributed by atoms with Gasteiger partial charge in [0.05, 0.1) is 24.8 Å². The summed E-state index contributed by atoms with van der Waals surface area (Å²) in [4.78, 5) is 23.1. The molecule has 2 aromatic rings. The largest absolute Gasteiger partial charge is 0.493 e. The summed E-state index contributed by atoms with van der Waals surface area (Å²) in [5, 5.41) is 4.82. The van der Waals surface area contributed by atoms with Gasteiger partial charge in [0, 0.05) is 31.6 Å². The minimum absolute atomic E-state index is 0.0605. The van der Waals surface area contributed by atoms with Crippen molar-refractivity contribution in [1.29, 1.82) is 0 Å². The second-order valence-corrected chi connectivity index (χ2v) is 7.86. The lowest BCUT2D eigenvalue weighted by Crippen LogP contribution is -2.28. The standard InChI is InChI=1S/C19H22FN3O6S/c1-12(24)22-13-4-6-15(20)16(10-13)23-19(25)8-9-21-30(26,27)14-5-7-17(28-2)18(11-14)29-3/h4-7,10-11,21H,8-9H2,1-3H3,(H,22,24)(H,23,25). The van der Waals surface area contributed by atoms with Gasteiger partial charge in [0.15, 0.2) is 11.5 Å². The summed E-state index contributed by atoms with van der Waals surface area (Å²) in [5.41, 5.74) is 0.183. The lowest BCUT2D eigenvalue weighted by Gasteiger charge is -2.11. The van der Waals surface area contributed by atoms with Crippen LogP contribution in [-0.2, 0) is 19.6 Å². The third kappa shape index (κ3) is 6.16. The zero-order valence-electron chi connectivity index (χ0n) is 16.6. The van der Waals surface area contributed by atoms with Crippen LogP contribution in [0.5, 0.6) is 11.5 Å². The normalized spacial score (nSPS) is 10.9. The van der Waals surface area contributed by atoms with Crippen molar-refractivity contribution in [3.63, 3.8) is 0 Å². The number of nitrogens with one attached hydrogen (secondary N) is 3. The van der Waals surface area contributed by atoms with Gasteiger partial charge in [-0.05, 0) is 30.3 Å². The van der Waals surface area contributed by atoms with Gasteiger partial charge >= 0.3 is 0 Å². The Kier molecular flexibility index (Phi) is 7.72. The van der Waals surface area contributed by atoms with E-state index in [9.17, 15) is 22.4 Å². The number of carbonyl (C=O) groups excluding carboxylic acids is 2. The first kappa shape index (κ1) is 23.1. The van der Waals surface area contributed by atoms with E-state index in [1.54, 1.807) is 0 Å². The molecule has 30 heavy (non-hydrogen) atoms. The van der Waals surface area contributed by atoms with Crippen molar-refractivity contribution in [3.8, 4) is 11.5 Å². The van der Waals surface area contributed by atoms with E-state index in [1.807, 2.05) is 0 Å². The van der Waals surface area contributed by atoms with E-state index in [-0.39, 0.29) is 35.2 Å². The summed E-state index contributed by atoms with van der Waals surface area (Å²) in [7, 11) is -1.09. The molecular weight excluding hydrogens is 417 g/mol. The number of halogens is 1. The van der Waals surface area contributed by atoms with E-state index in [2.05, 4.69) is 15.4 Å². The lowest BCUT2D eigenvalue weighted by atomic mass is 10.2. The van der Waals surface area contributed by atoms with Crippen molar-refractivity contribution in [1.82, 2.24) is 4.72 Å². The van der Waals surface area contributed by atoms with Gasteiger partial charge < -0.3 is 20.1 Å². The second-order valence-electron chi connectivity index (χ2n) is 6.09. The van der Waals surface area contributed by atoms with Gasteiger partial charge in [-0.25, -0.2) is 17.5 Å². The molecule has 0 spiro atoms. The molecule has 11 heteroatoms. The molecule has 0 aromatic heterocycles. The Morgan fingerprint density at radius 2 is 1.70 bits per heavy atom. The number of amides is 2. The number of rotatable bonds is 9. The molecule has 0 saturated carbocycles. The predicted octanol–water partition coefficient (Wildman–Crippen LogP) is 2.11. The molecule has 2 amide bonds. The molecule has 0 aliphatic rings. The van der Waals surface area contributed by atoms with Gasteiger partial charge in [-0.3, -0.25) is 9.59 Å². The van der Waals surface area contributed by atoms with Crippen LogP contribution < -0.4 is 24.8 Å². The second kappa shape index (κ2) is 10.0. The van der Waals surface area contributed by atoms with Crippen LogP contribution in [-0.4, -0.2) is 41.0 Å². The van der Waals surface area contributed by atoms with Crippen molar-refractivity contribution < 1.29 is 31.9 Å². The van der Waals surface area contributed by atoms with Crippen molar-refractivity contribution in [2.24, 2.45) is 0 Å². The number of hydrogen-bond acceptors (Lipinski definition) is 6. The van der Waals surface area contributed by atoms with Gasteiger partial charge in [-0.15, -0.1) is 0 Å². The highest BCUT2D eigenvalue weighted by atomic mass is 32.2. The van der Waals surface area contributed by atoms with Crippen LogP contribution in [0.25, 0.3) is 0 Å². The van der Waals surface area contributed by atoms with Crippen LogP contribution >= 0.6 is 0 Å². The molecule has 162 valence electrons. The fraction of sp³-hybridized carbons (Fsp3) is 0.263. The van der Waals surface area contributed by atoms with Crippen LogP contribution in [0.4, 0.5) is 15.8 Å². The molecule has 0 unspecified atom stereocenters. The quantitative estimate of drug-likeness (QED) is 0.550. The predicted molar refractivity (Wildman–Crippen MR) is 109 cm³/mol. The van der Waals surface area contributed by atoms with Crippen LogP contribution in [0.2, 0.25) is 0 Å². The fourth-order valence-corrected chi connectivity index (χ4v) is 3.53. The van der Waals surface area contributed by atoms with Gasteiger partial charge in [0.1, 0.15) is 5.82 Å². The summed E-state index contributed by atoms with van der Waals surface area (Å²) >= 11 is 0. The number of sulfonamides is 1. The molecule has 0 radical (unpaired) electrons. The molecular formula is C19H22FN3O6S. The Bertz CT molecular complexity index is 1040. The fourth-order valence-electron chi connectivity index (χ4n) is 2.48. The highest BCUT2D eigenvalue weighted by Gasteiger charge is 2.17. The molecule has 2 aromatic carbocycles. The Morgan fingerprint density at radius 3 is 2.33 bits per heavy atom. The molecule has 0 saturated heterocycles. The van der Waals surface area contributed by atoms with Crippen LogP contribution in [0.15, 0.2) is 41.3 Å². The zero-order chi connectivity index (χ0) is 22.3. The van der Waals surface area contributed by atoms with E-state index in [1.165, 1.54) is 51.5 Å². The highest BCUT2D eigenvalue weighted by molar-refractivity contribution is 7.89. The summed E-state index contributed by atoms with van der Waals surface area (Å²) in [6.07, 6.45) is -0.240. The summed E-state index contributed by atoms with van der Waals surface area (Å²) < 4.78 is 51.1. The molecule has 2 rings (SSSR count). The molecule has 0 atom stereocenters. The summed E-state index contributed by atoms with van der Waals surface area (Å²) in [6, 6.07) is 7.80. The molecule has 0 heterocycles. The Balaban J connectivity index is 1.98. The maximum Gasteiger partial charge on any atom is 0.240 e. The van der Waals surface area contributed by atoms with Crippen LogP contribution in [0.3, 0.4) is 0 Å². The molecule has 0 aliphatic heterocycles. The summed E-state index contributed by atoms with van der Waals surface area (Å²) in [5.74, 6) is -1.03. The molecule has 3 N–H and O–H groups in total. The van der Waals surface area contributed by atoms with Crippen molar-refractivity contribution in [2.75, 3.05) is 31.4 Å². The number of ether oxygens (including phenoxy) is 2. The number of carbonyl (C=O) groups is 2. The maximum absolute atomic E-state index is 13.9. The minimum atomic E-state index is -3.90. The van der Waals surface area contributed by atoms with Gasteiger partial charge in [-0.2, -0.15) is 0 Å². The van der Waals surface area contributed by atoms with Crippen molar-refractivity contribution in [3.05, 3.63) is 42.2 Å². The number of hydrogen-bond donors (Lipinski definition) is 3. The van der Waals surface area contributed by atoms with E-state index in [4.69, 9.17) is 9.47 Å². The Hall–Kier alpha value is -3.18.